The third-order valence-electron chi connectivity index (χ3n) is 6.02. The Bertz CT molecular complexity index is 838. The molecule has 3 atom stereocenters. The smallest absolute Gasteiger partial charge is 0.310 e. The van der Waals surface area contributed by atoms with E-state index < -0.39 is 5.97 Å². The van der Waals surface area contributed by atoms with Gasteiger partial charge in [-0.05, 0) is 55.4 Å². The molecule has 0 aliphatic heterocycles. The largest absolute Gasteiger partial charge is 0.464 e. The lowest BCUT2D eigenvalue weighted by atomic mass is 9.78. The van der Waals surface area contributed by atoms with Crippen LogP contribution in [0.5, 0.6) is 0 Å². The Morgan fingerprint density at radius 2 is 1.93 bits per heavy atom. The first kappa shape index (κ1) is 19.5. The highest BCUT2D eigenvalue weighted by atomic mass is 16.5. The van der Waals surface area contributed by atoms with Gasteiger partial charge >= 0.3 is 5.97 Å². The molecular weight excluding hydrogens is 342 g/mol. The van der Waals surface area contributed by atoms with Crippen LogP contribution in [0, 0.1) is 25.7 Å². The fourth-order valence-electron chi connectivity index (χ4n) is 3.86. The predicted octanol–water partition coefficient (Wildman–Crippen LogP) is 4.08. The van der Waals surface area contributed by atoms with Gasteiger partial charge in [-0.2, -0.15) is 0 Å². The molecule has 0 radical (unpaired) electrons. The number of ether oxygens (including phenoxy) is 1. The minimum absolute atomic E-state index is 0.0969. The van der Waals surface area contributed by atoms with Crippen molar-refractivity contribution < 1.29 is 18.7 Å². The number of amides is 1. The van der Waals surface area contributed by atoms with Crippen molar-refractivity contribution in [1.82, 2.24) is 5.32 Å². The van der Waals surface area contributed by atoms with Crippen LogP contribution in [0.4, 0.5) is 0 Å². The zero-order chi connectivity index (χ0) is 19.6. The van der Waals surface area contributed by atoms with E-state index in [1.54, 1.807) is 6.26 Å². The summed E-state index contributed by atoms with van der Waals surface area (Å²) in [6, 6.07) is 4.16. The summed E-state index contributed by atoms with van der Waals surface area (Å²) in [6.45, 7) is 8.22. The van der Waals surface area contributed by atoms with Crippen molar-refractivity contribution >= 4 is 22.8 Å². The van der Waals surface area contributed by atoms with E-state index in [1.807, 2.05) is 26.0 Å². The van der Waals surface area contributed by atoms with Crippen LogP contribution in [-0.4, -0.2) is 24.5 Å². The molecule has 1 amide bonds. The SMILES string of the molecule is Cc1cc2occ(CC(=O)OCC(=O)N[C@@H]3CCC[C@H](C)[C@@H]3C)c2cc1C. The van der Waals surface area contributed by atoms with E-state index in [4.69, 9.17) is 9.15 Å². The quantitative estimate of drug-likeness (QED) is 0.804. The highest BCUT2D eigenvalue weighted by Crippen LogP contribution is 2.29. The molecule has 1 heterocycles. The molecule has 0 bridgehead atoms. The third kappa shape index (κ3) is 4.52. The van der Waals surface area contributed by atoms with Gasteiger partial charge in [0.05, 0.1) is 12.7 Å². The summed E-state index contributed by atoms with van der Waals surface area (Å²) >= 11 is 0. The average Bonchev–Trinajstić information content (AvgIpc) is 2.99. The highest BCUT2D eigenvalue weighted by Gasteiger charge is 2.28. The van der Waals surface area contributed by atoms with Crippen LogP contribution in [0.1, 0.15) is 49.8 Å². The minimum Gasteiger partial charge on any atom is -0.464 e. The van der Waals surface area contributed by atoms with Gasteiger partial charge in [0.1, 0.15) is 5.58 Å². The normalized spacial score (nSPS) is 22.6. The summed E-state index contributed by atoms with van der Waals surface area (Å²) < 4.78 is 10.7. The van der Waals surface area contributed by atoms with Crippen molar-refractivity contribution in [3.8, 4) is 0 Å². The first-order chi connectivity index (χ1) is 12.8. The summed E-state index contributed by atoms with van der Waals surface area (Å²) in [4.78, 5) is 24.3. The molecule has 1 aromatic carbocycles. The second kappa shape index (κ2) is 8.15. The number of fused-ring (bicyclic) bond motifs is 1. The molecule has 3 rings (SSSR count). The number of carbonyl (C=O) groups is 2. The Labute approximate surface area is 160 Å². The fourth-order valence-corrected chi connectivity index (χ4v) is 3.86. The summed E-state index contributed by atoms with van der Waals surface area (Å²) in [6.07, 6.45) is 5.02. The number of furan rings is 1. The molecule has 0 saturated heterocycles. The number of rotatable bonds is 5. The van der Waals surface area contributed by atoms with E-state index in [-0.39, 0.29) is 25.0 Å². The summed E-state index contributed by atoms with van der Waals surface area (Å²) in [7, 11) is 0. The number of hydrogen-bond acceptors (Lipinski definition) is 4. The Kier molecular flexibility index (Phi) is 5.88. The lowest BCUT2D eigenvalue weighted by Gasteiger charge is -2.34. The molecule has 5 heteroatoms. The van der Waals surface area contributed by atoms with Gasteiger partial charge in [-0.1, -0.05) is 26.7 Å². The minimum atomic E-state index is -0.420. The van der Waals surface area contributed by atoms with Gasteiger partial charge in [-0.25, -0.2) is 0 Å². The van der Waals surface area contributed by atoms with Crippen LogP contribution in [0.15, 0.2) is 22.8 Å². The molecule has 1 aromatic heterocycles. The Morgan fingerprint density at radius 1 is 1.19 bits per heavy atom. The number of nitrogens with one attached hydrogen (secondary N) is 1. The Hall–Kier alpha value is -2.30. The van der Waals surface area contributed by atoms with Crippen LogP contribution < -0.4 is 5.32 Å². The fraction of sp³-hybridized carbons (Fsp3) is 0.545. The van der Waals surface area contributed by atoms with E-state index in [0.717, 1.165) is 40.5 Å². The molecule has 2 aromatic rings. The van der Waals surface area contributed by atoms with Crippen molar-refractivity contribution in [3.05, 3.63) is 35.1 Å². The van der Waals surface area contributed by atoms with E-state index >= 15 is 0 Å². The lowest BCUT2D eigenvalue weighted by molar-refractivity contribution is -0.148. The van der Waals surface area contributed by atoms with E-state index in [0.29, 0.717) is 11.8 Å². The van der Waals surface area contributed by atoms with E-state index in [2.05, 4.69) is 19.2 Å². The Morgan fingerprint density at radius 3 is 2.70 bits per heavy atom. The molecule has 1 N–H and O–H groups in total. The molecule has 1 aliphatic rings. The number of carbonyl (C=O) groups excluding carboxylic acids is 2. The molecular formula is C22H29NO4. The maximum atomic E-state index is 12.2. The summed E-state index contributed by atoms with van der Waals surface area (Å²) in [5, 5.41) is 3.94. The number of esters is 1. The van der Waals surface area contributed by atoms with Crippen LogP contribution in [-0.2, 0) is 20.7 Å². The van der Waals surface area contributed by atoms with Gasteiger partial charge in [0.15, 0.2) is 6.61 Å². The second-order valence-corrected chi connectivity index (χ2v) is 7.97. The van der Waals surface area contributed by atoms with E-state index in [1.165, 1.54) is 6.42 Å². The molecule has 0 unspecified atom stereocenters. The molecule has 5 nitrogen and oxygen atoms in total. The van der Waals surface area contributed by atoms with Gasteiger partial charge in [0.2, 0.25) is 0 Å². The summed E-state index contributed by atoms with van der Waals surface area (Å²) in [5.41, 5.74) is 3.84. The molecule has 0 spiro atoms. The van der Waals surface area contributed by atoms with Crippen molar-refractivity contribution in [2.45, 2.75) is 59.4 Å². The zero-order valence-corrected chi connectivity index (χ0v) is 16.6. The van der Waals surface area contributed by atoms with Crippen LogP contribution in [0.2, 0.25) is 0 Å². The third-order valence-corrected chi connectivity index (χ3v) is 6.02. The van der Waals surface area contributed by atoms with Gasteiger partial charge in [-0.3, -0.25) is 9.59 Å². The maximum absolute atomic E-state index is 12.2. The number of hydrogen-bond donors (Lipinski definition) is 1. The second-order valence-electron chi connectivity index (χ2n) is 7.97. The standard InChI is InChI=1S/C22H29NO4/c1-13-6-5-7-19(16(13)4)23-21(24)12-27-22(25)10-17-11-26-20-9-15(3)14(2)8-18(17)20/h8-9,11,13,16,19H,5-7,10,12H2,1-4H3,(H,23,24)/t13-,16-,19+/m0/s1. The number of aryl methyl sites for hydroxylation is 2. The van der Waals surface area contributed by atoms with Crippen molar-refractivity contribution in [3.63, 3.8) is 0 Å². The zero-order valence-electron chi connectivity index (χ0n) is 16.6. The van der Waals surface area contributed by atoms with Crippen LogP contribution in [0.3, 0.4) is 0 Å². The highest BCUT2D eigenvalue weighted by molar-refractivity contribution is 5.87. The van der Waals surface area contributed by atoms with Gasteiger partial charge in [0.25, 0.3) is 5.91 Å². The first-order valence-corrected chi connectivity index (χ1v) is 9.77. The first-order valence-electron chi connectivity index (χ1n) is 9.77. The monoisotopic (exact) mass is 371 g/mol. The van der Waals surface area contributed by atoms with Crippen molar-refractivity contribution in [1.29, 1.82) is 0 Å². The van der Waals surface area contributed by atoms with Gasteiger partial charge in [-0.15, -0.1) is 0 Å². The lowest BCUT2D eigenvalue weighted by Crippen LogP contribution is -2.45. The van der Waals surface area contributed by atoms with Crippen molar-refractivity contribution in [2.24, 2.45) is 11.8 Å². The van der Waals surface area contributed by atoms with E-state index in [9.17, 15) is 9.59 Å². The average molecular weight is 371 g/mol. The topological polar surface area (TPSA) is 68.5 Å². The van der Waals surface area contributed by atoms with Gasteiger partial charge < -0.3 is 14.5 Å². The molecule has 146 valence electrons. The number of benzene rings is 1. The Balaban J connectivity index is 1.52. The molecule has 27 heavy (non-hydrogen) atoms. The summed E-state index contributed by atoms with van der Waals surface area (Å²) in [5.74, 6) is 0.407. The van der Waals surface area contributed by atoms with Crippen LogP contribution in [0.25, 0.3) is 11.0 Å². The molecule has 1 saturated carbocycles. The maximum Gasteiger partial charge on any atom is 0.310 e. The van der Waals surface area contributed by atoms with Crippen LogP contribution >= 0.6 is 0 Å². The predicted molar refractivity (Wildman–Crippen MR) is 104 cm³/mol. The van der Waals surface area contributed by atoms with Crippen molar-refractivity contribution in [2.75, 3.05) is 6.61 Å². The van der Waals surface area contributed by atoms with Gasteiger partial charge in [0, 0.05) is 17.0 Å². The molecule has 1 fully saturated rings. The molecule has 1 aliphatic carbocycles.